The van der Waals surface area contributed by atoms with E-state index in [1.165, 1.54) is 70.6 Å². The fraction of sp³-hybridized carbons (Fsp3) is 1.00. The monoisotopic (exact) mass is 358 g/mol. The number of rotatable bonds is 20. The van der Waals surface area contributed by atoms with Gasteiger partial charge in [-0.2, -0.15) is 4.89 Å². The lowest BCUT2D eigenvalue weighted by molar-refractivity contribution is -0.546. The second kappa shape index (κ2) is 18.7. The Hall–Kier alpha value is -0.120. The topological polar surface area (TPSA) is 27.7 Å². The Morgan fingerprint density at radius 2 is 1.00 bits per heavy atom. The predicted octanol–water partition coefficient (Wildman–Crippen LogP) is 7.93. The highest BCUT2D eigenvalue weighted by Crippen LogP contribution is 2.32. The quantitative estimate of drug-likeness (QED) is 0.126. The molecule has 152 valence electrons. The third-order valence-corrected chi connectivity index (χ3v) is 5.05. The van der Waals surface area contributed by atoms with Crippen molar-refractivity contribution in [3.8, 4) is 0 Å². The molecule has 25 heavy (non-hydrogen) atoms. The second-order valence-corrected chi connectivity index (χ2v) is 7.59. The second-order valence-electron chi connectivity index (χ2n) is 7.59. The van der Waals surface area contributed by atoms with Crippen molar-refractivity contribution in [2.24, 2.45) is 0 Å². The molecule has 0 aromatic heterocycles. The van der Waals surface area contributed by atoms with E-state index in [-0.39, 0.29) is 5.60 Å². The summed E-state index contributed by atoms with van der Waals surface area (Å²) in [5, 5.41) is 5.21. The van der Waals surface area contributed by atoms with E-state index in [0.29, 0.717) is 6.61 Å². The third-order valence-electron chi connectivity index (χ3n) is 5.05. The molecule has 0 saturated carbocycles. The highest BCUT2D eigenvalue weighted by Gasteiger charge is 2.31. The standard InChI is InChI=1S/C22H46O3/c1-5-9-13-14-15-16-17-20-22(18-10-6-2,19-11-7-3)24-25-23-21-12-8-4/h5-21H2,1-4H3. The molecule has 0 rings (SSSR count). The Labute approximate surface area is 158 Å². The predicted molar refractivity (Wildman–Crippen MR) is 107 cm³/mol. The first kappa shape index (κ1) is 24.9. The van der Waals surface area contributed by atoms with E-state index in [1.807, 2.05) is 0 Å². The van der Waals surface area contributed by atoms with Crippen molar-refractivity contribution in [1.82, 2.24) is 0 Å². The van der Waals surface area contributed by atoms with Crippen LogP contribution in [0.3, 0.4) is 0 Å². The smallest absolute Gasteiger partial charge is 0.107 e. The highest BCUT2D eigenvalue weighted by molar-refractivity contribution is 4.79. The van der Waals surface area contributed by atoms with E-state index in [2.05, 4.69) is 27.7 Å². The lowest BCUT2D eigenvalue weighted by Crippen LogP contribution is -2.33. The van der Waals surface area contributed by atoms with Gasteiger partial charge in [0, 0.05) is 0 Å². The van der Waals surface area contributed by atoms with Gasteiger partial charge in [0.15, 0.2) is 0 Å². The van der Waals surface area contributed by atoms with Crippen LogP contribution in [0.2, 0.25) is 0 Å². The molecular weight excluding hydrogens is 312 g/mol. The summed E-state index contributed by atoms with van der Waals surface area (Å²) in [4.78, 5) is 11.1. The molecule has 0 N–H and O–H groups in total. The van der Waals surface area contributed by atoms with Crippen LogP contribution in [0.1, 0.15) is 130 Å². The molecule has 3 nitrogen and oxygen atoms in total. The normalized spacial score (nSPS) is 12.0. The molecule has 0 aliphatic rings. The minimum Gasteiger partial charge on any atom is -0.206 e. The third kappa shape index (κ3) is 14.7. The van der Waals surface area contributed by atoms with Crippen molar-refractivity contribution in [2.75, 3.05) is 6.61 Å². The molecule has 0 aromatic rings. The maximum absolute atomic E-state index is 5.90. The molecule has 0 fully saturated rings. The van der Waals surface area contributed by atoms with Crippen LogP contribution in [-0.2, 0) is 14.8 Å². The Morgan fingerprint density at radius 3 is 1.56 bits per heavy atom. The van der Waals surface area contributed by atoms with Crippen molar-refractivity contribution in [1.29, 1.82) is 0 Å². The Balaban J connectivity index is 4.33. The van der Waals surface area contributed by atoms with E-state index < -0.39 is 0 Å². The summed E-state index contributed by atoms with van der Waals surface area (Å²) in [7, 11) is 0. The van der Waals surface area contributed by atoms with Crippen molar-refractivity contribution in [2.45, 2.75) is 136 Å². The van der Waals surface area contributed by atoms with Gasteiger partial charge in [0.1, 0.15) is 5.60 Å². The number of unbranched alkanes of at least 4 members (excludes halogenated alkanes) is 9. The van der Waals surface area contributed by atoms with E-state index in [4.69, 9.17) is 14.8 Å². The summed E-state index contributed by atoms with van der Waals surface area (Å²) in [5.74, 6) is 0. The van der Waals surface area contributed by atoms with Gasteiger partial charge in [0.25, 0.3) is 0 Å². The molecule has 0 spiro atoms. The maximum Gasteiger partial charge on any atom is 0.107 e. The van der Waals surface area contributed by atoms with Crippen LogP contribution in [0.5, 0.6) is 0 Å². The van der Waals surface area contributed by atoms with E-state index in [0.717, 1.165) is 32.1 Å². The summed E-state index contributed by atoms with van der Waals surface area (Å²) in [5.41, 5.74) is -0.151. The fourth-order valence-electron chi connectivity index (χ4n) is 3.24. The first-order chi connectivity index (χ1) is 12.2. The van der Waals surface area contributed by atoms with Crippen molar-refractivity contribution >= 4 is 0 Å². The number of hydrogen-bond acceptors (Lipinski definition) is 3. The summed E-state index contributed by atoms with van der Waals surface area (Å²) in [6.45, 7) is 9.53. The lowest BCUT2D eigenvalue weighted by Gasteiger charge is -2.32. The van der Waals surface area contributed by atoms with Gasteiger partial charge in [-0.15, -0.1) is 0 Å². The zero-order valence-corrected chi connectivity index (χ0v) is 17.7. The van der Waals surface area contributed by atoms with Gasteiger partial charge in [0.05, 0.1) is 6.61 Å². The van der Waals surface area contributed by atoms with Crippen LogP contribution in [0, 0.1) is 0 Å². The molecule has 0 aliphatic heterocycles. The van der Waals surface area contributed by atoms with E-state index in [9.17, 15) is 0 Å². The molecule has 0 aliphatic carbocycles. The highest BCUT2D eigenvalue weighted by atomic mass is 17.5. The average Bonchev–Trinajstić information content (AvgIpc) is 2.63. The van der Waals surface area contributed by atoms with Crippen molar-refractivity contribution in [3.05, 3.63) is 0 Å². The van der Waals surface area contributed by atoms with Crippen LogP contribution in [-0.4, -0.2) is 12.2 Å². The molecule has 0 bridgehead atoms. The summed E-state index contributed by atoms with van der Waals surface area (Å²) in [6.07, 6.45) is 19.5. The Morgan fingerprint density at radius 1 is 0.520 bits per heavy atom. The SMILES string of the molecule is CCCCCCCCCC(CCCC)(CCCC)OOOCCCC. The van der Waals surface area contributed by atoms with Crippen LogP contribution >= 0.6 is 0 Å². The van der Waals surface area contributed by atoms with E-state index in [1.54, 1.807) is 0 Å². The molecule has 3 heteroatoms. The molecule has 0 atom stereocenters. The summed E-state index contributed by atoms with van der Waals surface area (Å²) >= 11 is 0. The van der Waals surface area contributed by atoms with Gasteiger partial charge >= 0.3 is 0 Å². The van der Waals surface area contributed by atoms with Crippen LogP contribution in [0.25, 0.3) is 0 Å². The summed E-state index contributed by atoms with van der Waals surface area (Å²) in [6, 6.07) is 0. The molecular formula is C22H46O3. The molecule has 0 unspecified atom stereocenters. The molecule has 0 heterocycles. The average molecular weight is 359 g/mol. The minimum absolute atomic E-state index is 0.151. The molecule has 0 amide bonds. The molecule has 0 aromatic carbocycles. The lowest BCUT2D eigenvalue weighted by atomic mass is 9.85. The maximum atomic E-state index is 5.90. The molecule has 0 saturated heterocycles. The van der Waals surface area contributed by atoms with Gasteiger partial charge in [-0.25, -0.2) is 4.89 Å². The first-order valence-corrected chi connectivity index (χ1v) is 11.2. The zero-order chi connectivity index (χ0) is 18.6. The van der Waals surface area contributed by atoms with Gasteiger partial charge in [-0.05, 0) is 25.7 Å². The first-order valence-electron chi connectivity index (χ1n) is 11.2. The minimum atomic E-state index is -0.151. The van der Waals surface area contributed by atoms with Gasteiger partial charge in [-0.1, -0.05) is 110 Å². The van der Waals surface area contributed by atoms with E-state index >= 15 is 0 Å². The largest absolute Gasteiger partial charge is 0.206 e. The van der Waals surface area contributed by atoms with Gasteiger partial charge in [-0.3, -0.25) is 0 Å². The Kier molecular flexibility index (Phi) is 18.6. The number of hydrogen-bond donors (Lipinski definition) is 0. The van der Waals surface area contributed by atoms with Crippen molar-refractivity contribution in [3.63, 3.8) is 0 Å². The van der Waals surface area contributed by atoms with Gasteiger partial charge in [0.2, 0.25) is 0 Å². The van der Waals surface area contributed by atoms with Gasteiger partial charge < -0.3 is 0 Å². The molecule has 0 radical (unpaired) electrons. The summed E-state index contributed by atoms with van der Waals surface area (Å²) < 4.78 is 0. The zero-order valence-electron chi connectivity index (χ0n) is 17.7. The Bertz CT molecular complexity index is 248. The van der Waals surface area contributed by atoms with Crippen LogP contribution < -0.4 is 0 Å². The van der Waals surface area contributed by atoms with Crippen LogP contribution in [0.15, 0.2) is 0 Å². The van der Waals surface area contributed by atoms with Crippen LogP contribution in [0.4, 0.5) is 0 Å². The van der Waals surface area contributed by atoms with Crippen molar-refractivity contribution < 1.29 is 14.8 Å². The fourth-order valence-corrected chi connectivity index (χ4v) is 3.24.